The first-order chi connectivity index (χ1) is 10.7. The van der Waals surface area contributed by atoms with E-state index in [-0.39, 0.29) is 5.97 Å². The molecular weight excluding hydrogens is 272 g/mol. The Labute approximate surface area is 135 Å². The maximum atomic E-state index is 11.9. The van der Waals surface area contributed by atoms with Crippen LogP contribution in [0.4, 0.5) is 0 Å². The number of carbonyl (C=O) groups is 1. The average molecular weight is 302 g/mol. The van der Waals surface area contributed by atoms with Crippen molar-refractivity contribution in [1.82, 2.24) is 0 Å². The van der Waals surface area contributed by atoms with Gasteiger partial charge in [0.05, 0.1) is 0 Å². The molecule has 22 heavy (non-hydrogen) atoms. The molecule has 2 nitrogen and oxygen atoms in total. The van der Waals surface area contributed by atoms with E-state index in [1.54, 1.807) is 0 Å². The molecule has 0 aliphatic rings. The van der Waals surface area contributed by atoms with Crippen molar-refractivity contribution in [3.8, 4) is 0 Å². The van der Waals surface area contributed by atoms with Crippen LogP contribution in [-0.2, 0) is 16.1 Å². The van der Waals surface area contributed by atoms with E-state index in [1.807, 2.05) is 43.3 Å². The minimum Gasteiger partial charge on any atom is -0.457 e. The molecule has 0 heterocycles. The van der Waals surface area contributed by atoms with Gasteiger partial charge in [-0.1, -0.05) is 81.9 Å². The molecule has 1 aromatic rings. The van der Waals surface area contributed by atoms with E-state index in [0.717, 1.165) is 24.0 Å². The van der Waals surface area contributed by atoms with Gasteiger partial charge in [0.1, 0.15) is 6.61 Å². The Morgan fingerprint density at radius 1 is 1.00 bits per heavy atom. The van der Waals surface area contributed by atoms with Gasteiger partial charge in [0.15, 0.2) is 0 Å². The molecule has 0 N–H and O–H groups in total. The number of rotatable bonds is 11. The first-order valence-corrected chi connectivity index (χ1v) is 8.62. The zero-order valence-corrected chi connectivity index (χ0v) is 14.1. The van der Waals surface area contributed by atoms with Crippen molar-refractivity contribution in [3.63, 3.8) is 0 Å². The molecule has 0 saturated carbocycles. The molecule has 0 spiro atoms. The van der Waals surface area contributed by atoms with E-state index in [4.69, 9.17) is 4.74 Å². The second-order valence-electron chi connectivity index (χ2n) is 5.86. The highest BCUT2D eigenvalue weighted by molar-refractivity contribution is 5.87. The largest absolute Gasteiger partial charge is 0.457 e. The van der Waals surface area contributed by atoms with E-state index in [2.05, 4.69) is 6.92 Å². The van der Waals surface area contributed by atoms with Crippen molar-refractivity contribution in [2.75, 3.05) is 0 Å². The first-order valence-electron chi connectivity index (χ1n) is 8.62. The fourth-order valence-electron chi connectivity index (χ4n) is 2.34. The molecule has 0 aliphatic carbocycles. The summed E-state index contributed by atoms with van der Waals surface area (Å²) in [5, 5.41) is 0. The first kappa shape index (κ1) is 18.5. The molecule has 0 amide bonds. The number of allylic oxidation sites excluding steroid dienone is 1. The van der Waals surface area contributed by atoms with E-state index < -0.39 is 0 Å². The predicted octanol–water partition coefficient (Wildman–Crippen LogP) is 5.82. The van der Waals surface area contributed by atoms with Crippen LogP contribution >= 0.6 is 0 Å². The SMILES string of the molecule is CCCCCCCCCC=C(C)C(=O)OCc1ccccc1. The summed E-state index contributed by atoms with van der Waals surface area (Å²) in [6.45, 7) is 4.43. The van der Waals surface area contributed by atoms with Gasteiger partial charge < -0.3 is 4.74 Å². The molecule has 0 aliphatic heterocycles. The predicted molar refractivity (Wildman–Crippen MR) is 92.6 cm³/mol. The normalized spacial score (nSPS) is 11.5. The van der Waals surface area contributed by atoms with Crippen LogP contribution in [0.25, 0.3) is 0 Å². The van der Waals surface area contributed by atoms with Gasteiger partial charge in [-0.25, -0.2) is 4.79 Å². The van der Waals surface area contributed by atoms with Crippen molar-refractivity contribution in [1.29, 1.82) is 0 Å². The lowest BCUT2D eigenvalue weighted by atomic mass is 10.1. The lowest BCUT2D eigenvalue weighted by Crippen LogP contribution is -2.05. The highest BCUT2D eigenvalue weighted by Gasteiger charge is 2.05. The van der Waals surface area contributed by atoms with Crippen LogP contribution in [0.2, 0.25) is 0 Å². The summed E-state index contributed by atoms with van der Waals surface area (Å²) in [7, 11) is 0. The topological polar surface area (TPSA) is 26.3 Å². The molecule has 0 atom stereocenters. The fraction of sp³-hybridized carbons (Fsp3) is 0.550. The minimum atomic E-state index is -0.202. The van der Waals surface area contributed by atoms with E-state index in [1.165, 1.54) is 38.5 Å². The van der Waals surface area contributed by atoms with Gasteiger partial charge in [0.25, 0.3) is 0 Å². The summed E-state index contributed by atoms with van der Waals surface area (Å²) in [4.78, 5) is 11.9. The van der Waals surface area contributed by atoms with Crippen LogP contribution in [0.5, 0.6) is 0 Å². The summed E-state index contributed by atoms with van der Waals surface area (Å²) >= 11 is 0. The van der Waals surface area contributed by atoms with Crippen molar-refractivity contribution in [2.45, 2.75) is 71.8 Å². The molecule has 1 rings (SSSR count). The third-order valence-electron chi connectivity index (χ3n) is 3.79. The number of hydrogen-bond acceptors (Lipinski definition) is 2. The smallest absolute Gasteiger partial charge is 0.333 e. The quantitative estimate of drug-likeness (QED) is 0.292. The van der Waals surface area contributed by atoms with Gasteiger partial charge in [0, 0.05) is 5.57 Å². The van der Waals surface area contributed by atoms with Crippen LogP contribution in [-0.4, -0.2) is 5.97 Å². The number of esters is 1. The second kappa shape index (κ2) is 12.0. The number of benzene rings is 1. The van der Waals surface area contributed by atoms with Gasteiger partial charge in [0.2, 0.25) is 0 Å². The van der Waals surface area contributed by atoms with Gasteiger partial charge in [-0.15, -0.1) is 0 Å². The molecular formula is C20H30O2. The number of ether oxygens (including phenoxy) is 1. The standard InChI is InChI=1S/C20H30O2/c1-3-4-5-6-7-8-9-11-14-18(2)20(21)22-17-19-15-12-10-13-16-19/h10,12-16H,3-9,11,17H2,1-2H3. The molecule has 122 valence electrons. The zero-order chi connectivity index (χ0) is 16.0. The van der Waals surface area contributed by atoms with Crippen molar-refractivity contribution >= 4 is 5.97 Å². The monoisotopic (exact) mass is 302 g/mol. The Morgan fingerprint density at radius 2 is 1.64 bits per heavy atom. The number of unbranched alkanes of at least 4 members (excludes halogenated alkanes) is 7. The summed E-state index contributed by atoms with van der Waals surface area (Å²) in [6, 6.07) is 9.78. The fourth-order valence-corrected chi connectivity index (χ4v) is 2.34. The zero-order valence-electron chi connectivity index (χ0n) is 14.1. The Kier molecular flexibility index (Phi) is 10.1. The average Bonchev–Trinajstić information content (AvgIpc) is 2.55. The van der Waals surface area contributed by atoms with Crippen LogP contribution in [0.3, 0.4) is 0 Å². The van der Waals surface area contributed by atoms with Crippen molar-refractivity contribution < 1.29 is 9.53 Å². The number of carbonyl (C=O) groups excluding carboxylic acids is 1. The summed E-state index contributed by atoms with van der Waals surface area (Å²) in [5.41, 5.74) is 1.75. The molecule has 2 heteroatoms. The molecule has 0 fully saturated rings. The summed E-state index contributed by atoms with van der Waals surface area (Å²) in [5.74, 6) is -0.202. The molecule has 0 radical (unpaired) electrons. The van der Waals surface area contributed by atoms with Gasteiger partial charge in [-0.05, 0) is 25.3 Å². The van der Waals surface area contributed by atoms with Crippen molar-refractivity contribution in [3.05, 3.63) is 47.5 Å². The van der Waals surface area contributed by atoms with E-state index >= 15 is 0 Å². The van der Waals surface area contributed by atoms with E-state index in [9.17, 15) is 4.79 Å². The summed E-state index contributed by atoms with van der Waals surface area (Å²) in [6.07, 6.45) is 12.1. The van der Waals surface area contributed by atoms with Crippen molar-refractivity contribution in [2.24, 2.45) is 0 Å². The Balaban J connectivity index is 2.12. The lowest BCUT2D eigenvalue weighted by Gasteiger charge is -2.05. The van der Waals surface area contributed by atoms with Crippen LogP contribution in [0, 0.1) is 0 Å². The van der Waals surface area contributed by atoms with Crippen LogP contribution in [0.15, 0.2) is 42.0 Å². The highest BCUT2D eigenvalue weighted by atomic mass is 16.5. The molecule has 0 saturated heterocycles. The highest BCUT2D eigenvalue weighted by Crippen LogP contribution is 2.10. The summed E-state index contributed by atoms with van der Waals surface area (Å²) < 4.78 is 5.31. The maximum Gasteiger partial charge on any atom is 0.333 e. The lowest BCUT2D eigenvalue weighted by molar-refractivity contribution is -0.140. The Bertz CT molecular complexity index is 434. The van der Waals surface area contributed by atoms with Gasteiger partial charge >= 0.3 is 5.97 Å². The molecule has 0 aromatic heterocycles. The van der Waals surface area contributed by atoms with Gasteiger partial charge in [-0.2, -0.15) is 0 Å². The van der Waals surface area contributed by atoms with Crippen LogP contribution < -0.4 is 0 Å². The molecule has 0 bridgehead atoms. The molecule has 1 aromatic carbocycles. The Hall–Kier alpha value is -1.57. The third kappa shape index (κ3) is 8.66. The Morgan fingerprint density at radius 3 is 2.32 bits per heavy atom. The second-order valence-corrected chi connectivity index (χ2v) is 5.86. The van der Waals surface area contributed by atoms with E-state index in [0.29, 0.717) is 6.61 Å². The minimum absolute atomic E-state index is 0.202. The molecule has 0 unspecified atom stereocenters. The third-order valence-corrected chi connectivity index (χ3v) is 3.79. The van der Waals surface area contributed by atoms with Crippen LogP contribution in [0.1, 0.15) is 70.8 Å². The van der Waals surface area contributed by atoms with Gasteiger partial charge in [-0.3, -0.25) is 0 Å². The number of hydrogen-bond donors (Lipinski definition) is 0. The maximum absolute atomic E-state index is 11.9.